The maximum atomic E-state index is 13.0. The summed E-state index contributed by atoms with van der Waals surface area (Å²) < 4.78 is 14.6. The molecule has 1 aliphatic carbocycles. The van der Waals surface area contributed by atoms with Crippen LogP contribution in [-0.4, -0.2) is 38.9 Å². The lowest BCUT2D eigenvalue weighted by Crippen LogP contribution is -2.44. The molecule has 1 aromatic heterocycles. The highest BCUT2D eigenvalue weighted by atomic mass is 19.1. The van der Waals surface area contributed by atoms with Gasteiger partial charge < -0.3 is 4.90 Å². The van der Waals surface area contributed by atoms with Crippen LogP contribution in [0.2, 0.25) is 0 Å². The summed E-state index contributed by atoms with van der Waals surface area (Å²) in [7, 11) is 0. The van der Waals surface area contributed by atoms with Gasteiger partial charge in [-0.25, -0.2) is 9.07 Å². The van der Waals surface area contributed by atoms with Gasteiger partial charge in [-0.15, -0.1) is 5.10 Å². The van der Waals surface area contributed by atoms with Crippen LogP contribution >= 0.6 is 0 Å². The van der Waals surface area contributed by atoms with E-state index in [0.29, 0.717) is 18.2 Å². The fourth-order valence-electron chi connectivity index (χ4n) is 4.20. The predicted molar refractivity (Wildman–Crippen MR) is 91.5 cm³/mol. The van der Waals surface area contributed by atoms with Crippen molar-refractivity contribution in [2.75, 3.05) is 13.1 Å². The minimum Gasteiger partial charge on any atom is -0.337 e. The van der Waals surface area contributed by atoms with E-state index in [0.717, 1.165) is 31.0 Å². The Morgan fingerprint density at radius 2 is 1.88 bits per heavy atom. The predicted octanol–water partition coefficient (Wildman–Crippen LogP) is 3.12. The van der Waals surface area contributed by atoms with Crippen molar-refractivity contribution in [2.45, 2.75) is 38.6 Å². The van der Waals surface area contributed by atoms with Gasteiger partial charge in [0.25, 0.3) is 5.91 Å². The summed E-state index contributed by atoms with van der Waals surface area (Å²) in [5, 5.41) is 8.11. The van der Waals surface area contributed by atoms with Crippen LogP contribution in [0.5, 0.6) is 0 Å². The first kappa shape index (κ1) is 16.2. The molecule has 0 spiro atoms. The van der Waals surface area contributed by atoms with Gasteiger partial charge in [-0.1, -0.05) is 36.6 Å². The Morgan fingerprint density at radius 1 is 1.12 bits per heavy atom. The molecule has 5 nitrogen and oxygen atoms in total. The summed E-state index contributed by atoms with van der Waals surface area (Å²) in [5.74, 6) is 1.17. The first-order chi connectivity index (χ1) is 12.2. The summed E-state index contributed by atoms with van der Waals surface area (Å²) in [6, 6.07) is 6.28. The highest BCUT2D eigenvalue weighted by Gasteiger charge is 2.33. The molecule has 0 bridgehead atoms. The second-order valence-electron chi connectivity index (χ2n) is 7.27. The number of benzene rings is 1. The molecule has 1 saturated heterocycles. The number of halogens is 1. The monoisotopic (exact) mass is 342 g/mol. The lowest BCUT2D eigenvalue weighted by Gasteiger charge is -2.41. The molecule has 2 aromatic rings. The van der Waals surface area contributed by atoms with Gasteiger partial charge in [-0.05, 0) is 42.4 Å². The Hall–Kier alpha value is -2.24. The Labute approximate surface area is 146 Å². The van der Waals surface area contributed by atoms with Crippen LogP contribution in [0, 0.1) is 17.7 Å². The van der Waals surface area contributed by atoms with E-state index in [1.807, 2.05) is 4.90 Å². The van der Waals surface area contributed by atoms with Gasteiger partial charge in [-0.2, -0.15) is 0 Å². The van der Waals surface area contributed by atoms with Gasteiger partial charge in [-0.3, -0.25) is 4.79 Å². The number of carbonyl (C=O) groups excluding carboxylic acids is 1. The van der Waals surface area contributed by atoms with Crippen molar-refractivity contribution in [1.82, 2.24) is 19.9 Å². The fraction of sp³-hybridized carbons (Fsp3) is 0.526. The molecule has 0 N–H and O–H groups in total. The Bertz CT molecular complexity index is 742. The zero-order valence-corrected chi connectivity index (χ0v) is 14.3. The van der Waals surface area contributed by atoms with Crippen molar-refractivity contribution in [3.05, 3.63) is 47.5 Å². The van der Waals surface area contributed by atoms with E-state index in [4.69, 9.17) is 0 Å². The number of aromatic nitrogens is 3. The van der Waals surface area contributed by atoms with E-state index in [9.17, 15) is 9.18 Å². The molecule has 1 aliphatic heterocycles. The molecule has 4 rings (SSSR count). The van der Waals surface area contributed by atoms with Crippen molar-refractivity contribution in [1.29, 1.82) is 0 Å². The maximum Gasteiger partial charge on any atom is 0.276 e. The molecule has 0 unspecified atom stereocenters. The van der Waals surface area contributed by atoms with E-state index >= 15 is 0 Å². The summed E-state index contributed by atoms with van der Waals surface area (Å²) in [6.07, 6.45) is 7.99. The van der Waals surface area contributed by atoms with Crippen molar-refractivity contribution < 1.29 is 9.18 Å². The zero-order valence-electron chi connectivity index (χ0n) is 14.3. The molecule has 1 saturated carbocycles. The van der Waals surface area contributed by atoms with Gasteiger partial charge in [0, 0.05) is 13.1 Å². The second kappa shape index (κ2) is 6.94. The van der Waals surface area contributed by atoms with Crippen LogP contribution in [0.1, 0.15) is 48.2 Å². The van der Waals surface area contributed by atoms with Crippen molar-refractivity contribution in [3.63, 3.8) is 0 Å². The van der Waals surface area contributed by atoms with Crippen molar-refractivity contribution in [3.8, 4) is 0 Å². The minimum atomic E-state index is -0.260. The minimum absolute atomic E-state index is 0.0191. The molecule has 2 atom stereocenters. The smallest absolute Gasteiger partial charge is 0.276 e. The van der Waals surface area contributed by atoms with Gasteiger partial charge in [0.2, 0.25) is 0 Å². The highest BCUT2D eigenvalue weighted by Crippen LogP contribution is 2.36. The number of likely N-dealkylation sites (tertiary alicyclic amines) is 1. The molecular formula is C19H23FN4O. The van der Waals surface area contributed by atoms with E-state index in [1.165, 1.54) is 37.8 Å². The summed E-state index contributed by atoms with van der Waals surface area (Å²) in [5.41, 5.74) is 1.32. The lowest BCUT2D eigenvalue weighted by atomic mass is 9.75. The molecule has 2 aliphatic rings. The topological polar surface area (TPSA) is 51.0 Å². The Balaban J connectivity index is 1.41. The number of rotatable bonds is 3. The maximum absolute atomic E-state index is 13.0. The van der Waals surface area contributed by atoms with Crippen LogP contribution in [0.15, 0.2) is 30.5 Å². The molecule has 1 amide bonds. The van der Waals surface area contributed by atoms with Gasteiger partial charge >= 0.3 is 0 Å². The third-order valence-corrected chi connectivity index (χ3v) is 5.59. The van der Waals surface area contributed by atoms with Crippen LogP contribution < -0.4 is 0 Å². The largest absolute Gasteiger partial charge is 0.337 e. The third-order valence-electron chi connectivity index (χ3n) is 5.59. The van der Waals surface area contributed by atoms with Crippen LogP contribution in [0.4, 0.5) is 4.39 Å². The average Bonchev–Trinajstić information content (AvgIpc) is 3.11. The van der Waals surface area contributed by atoms with E-state index in [2.05, 4.69) is 10.3 Å². The number of fused-ring (bicyclic) bond motifs is 1. The normalized spacial score (nSPS) is 23.3. The Kier molecular flexibility index (Phi) is 4.51. The molecule has 2 heterocycles. The molecule has 2 fully saturated rings. The van der Waals surface area contributed by atoms with E-state index < -0.39 is 0 Å². The molecule has 25 heavy (non-hydrogen) atoms. The summed E-state index contributed by atoms with van der Waals surface area (Å²) in [6.45, 7) is 2.16. The number of hydrogen-bond donors (Lipinski definition) is 0. The number of piperidine rings is 1. The second-order valence-corrected chi connectivity index (χ2v) is 7.27. The van der Waals surface area contributed by atoms with Gasteiger partial charge in [0.15, 0.2) is 5.69 Å². The molecule has 1 aromatic carbocycles. The number of amides is 1. The van der Waals surface area contributed by atoms with Crippen molar-refractivity contribution >= 4 is 5.91 Å². The molecular weight excluding hydrogens is 319 g/mol. The quantitative estimate of drug-likeness (QED) is 0.861. The van der Waals surface area contributed by atoms with E-state index in [-0.39, 0.29) is 11.7 Å². The third kappa shape index (κ3) is 3.57. The zero-order chi connectivity index (χ0) is 17.2. The SMILES string of the molecule is O=C(c1cn(Cc2ccc(F)cc2)nn1)N1CC[C@@H]2CCCC[C@H]2C1. The summed E-state index contributed by atoms with van der Waals surface area (Å²) in [4.78, 5) is 14.7. The standard InChI is InChI=1S/C19H23FN4O/c20-17-7-5-14(6-8-17)11-24-13-18(21-22-24)19(25)23-10-9-15-3-1-2-4-16(15)12-23/h5-8,13,15-16H,1-4,9-12H2/t15-,16-/m0/s1. The number of nitrogens with zero attached hydrogens (tertiary/aromatic N) is 4. The average molecular weight is 342 g/mol. The first-order valence-electron chi connectivity index (χ1n) is 9.13. The first-order valence-corrected chi connectivity index (χ1v) is 9.13. The van der Waals surface area contributed by atoms with Crippen LogP contribution in [-0.2, 0) is 6.54 Å². The number of carbonyl (C=O) groups is 1. The van der Waals surface area contributed by atoms with Crippen LogP contribution in [0.3, 0.4) is 0 Å². The molecule has 132 valence electrons. The van der Waals surface area contributed by atoms with E-state index in [1.54, 1.807) is 23.0 Å². The van der Waals surface area contributed by atoms with Gasteiger partial charge in [0.1, 0.15) is 5.82 Å². The lowest BCUT2D eigenvalue weighted by molar-refractivity contribution is 0.0515. The van der Waals surface area contributed by atoms with Crippen LogP contribution in [0.25, 0.3) is 0 Å². The fourth-order valence-corrected chi connectivity index (χ4v) is 4.20. The number of hydrogen-bond acceptors (Lipinski definition) is 3. The van der Waals surface area contributed by atoms with Crippen molar-refractivity contribution in [2.24, 2.45) is 11.8 Å². The molecule has 0 radical (unpaired) electrons. The molecule has 6 heteroatoms. The highest BCUT2D eigenvalue weighted by molar-refractivity contribution is 5.92. The van der Waals surface area contributed by atoms with Gasteiger partial charge in [0.05, 0.1) is 12.7 Å². The Morgan fingerprint density at radius 3 is 2.68 bits per heavy atom. The summed E-state index contributed by atoms with van der Waals surface area (Å²) >= 11 is 0.